The molecule has 2 aromatic rings. The van der Waals surface area contributed by atoms with Crippen LogP contribution in [0.5, 0.6) is 5.75 Å². The second-order valence-electron chi connectivity index (χ2n) is 7.54. The largest absolute Gasteiger partial charge is 0.481 e. The van der Waals surface area contributed by atoms with Crippen LogP contribution >= 0.6 is 34.8 Å². The number of ether oxygens (including phenoxy) is 1. The number of hydrogen-bond donors (Lipinski definition) is 1. The van der Waals surface area contributed by atoms with Crippen LogP contribution in [0.4, 0.5) is 11.4 Å². The van der Waals surface area contributed by atoms with Gasteiger partial charge in [-0.05, 0) is 55.9 Å². The monoisotopic (exact) mass is 454 g/mol. The van der Waals surface area contributed by atoms with E-state index in [1.165, 1.54) is 0 Å². The quantitative estimate of drug-likeness (QED) is 0.558. The summed E-state index contributed by atoms with van der Waals surface area (Å²) in [6.07, 6.45) is 2.30. The van der Waals surface area contributed by atoms with E-state index in [9.17, 15) is 4.79 Å². The van der Waals surface area contributed by atoms with Gasteiger partial charge in [-0.2, -0.15) is 0 Å². The fraction of sp³-hybridized carbons (Fsp3) is 0.409. The molecule has 0 spiro atoms. The number of nitrogens with one attached hydrogen (secondary N) is 1. The van der Waals surface area contributed by atoms with E-state index in [-0.39, 0.29) is 18.3 Å². The highest BCUT2D eigenvalue weighted by molar-refractivity contribution is 6.42. The number of rotatable bonds is 5. The number of hydrogen-bond acceptors (Lipinski definition) is 3. The molecule has 0 saturated carbocycles. The van der Waals surface area contributed by atoms with Crippen LogP contribution in [0.2, 0.25) is 15.1 Å². The molecule has 1 aliphatic heterocycles. The average Bonchev–Trinajstić information content (AvgIpc) is 2.72. The summed E-state index contributed by atoms with van der Waals surface area (Å²) in [4.78, 5) is 14.9. The molecule has 1 amide bonds. The summed E-state index contributed by atoms with van der Waals surface area (Å²) in [7, 11) is 0. The molecular formula is C22H25Cl3N2O2. The van der Waals surface area contributed by atoms with E-state index in [2.05, 4.69) is 17.1 Å². The Labute approximate surface area is 187 Å². The predicted octanol–water partition coefficient (Wildman–Crippen LogP) is 6.52. The van der Waals surface area contributed by atoms with Gasteiger partial charge in [-0.1, -0.05) is 53.9 Å². The number of carbonyl (C=O) groups is 1. The summed E-state index contributed by atoms with van der Waals surface area (Å²) < 4.78 is 5.67. The molecule has 1 saturated heterocycles. The molecule has 29 heavy (non-hydrogen) atoms. The number of halogens is 3. The Kier molecular flexibility index (Phi) is 7.20. The Morgan fingerprint density at radius 3 is 2.28 bits per heavy atom. The highest BCUT2D eigenvalue weighted by Crippen LogP contribution is 2.42. The number of nitrogens with zero attached hydrogens (tertiary/aromatic N) is 1. The zero-order chi connectivity index (χ0) is 21.1. The molecule has 0 aromatic heterocycles. The van der Waals surface area contributed by atoms with Crippen LogP contribution in [-0.4, -0.2) is 25.6 Å². The van der Waals surface area contributed by atoms with Crippen molar-refractivity contribution in [2.24, 2.45) is 5.92 Å². The van der Waals surface area contributed by atoms with Gasteiger partial charge in [0.15, 0.2) is 12.4 Å². The van der Waals surface area contributed by atoms with E-state index in [0.717, 1.165) is 43.2 Å². The van der Waals surface area contributed by atoms with Gasteiger partial charge in [0.05, 0.1) is 21.4 Å². The molecule has 0 unspecified atom stereocenters. The van der Waals surface area contributed by atoms with E-state index >= 15 is 0 Å². The first kappa shape index (κ1) is 22.1. The Bertz CT molecular complexity index is 880. The van der Waals surface area contributed by atoms with Crippen molar-refractivity contribution >= 4 is 52.1 Å². The van der Waals surface area contributed by atoms with Gasteiger partial charge >= 0.3 is 0 Å². The molecule has 0 bridgehead atoms. The summed E-state index contributed by atoms with van der Waals surface area (Å²) in [6.45, 7) is 7.62. The molecule has 0 atom stereocenters. The minimum absolute atomic E-state index is 0.203. The molecule has 1 heterocycles. The third kappa shape index (κ3) is 4.93. The molecule has 156 valence electrons. The van der Waals surface area contributed by atoms with Gasteiger partial charge in [-0.3, -0.25) is 4.79 Å². The fourth-order valence-corrected chi connectivity index (χ4v) is 4.29. The van der Waals surface area contributed by atoms with Crippen molar-refractivity contribution in [2.45, 2.75) is 33.6 Å². The number of benzene rings is 2. The molecule has 3 rings (SSSR count). The van der Waals surface area contributed by atoms with Crippen LogP contribution < -0.4 is 15.0 Å². The zero-order valence-corrected chi connectivity index (χ0v) is 19.1. The predicted molar refractivity (Wildman–Crippen MR) is 122 cm³/mol. The van der Waals surface area contributed by atoms with Crippen LogP contribution in [-0.2, 0) is 4.79 Å². The third-order valence-corrected chi connectivity index (χ3v) is 6.84. The van der Waals surface area contributed by atoms with Gasteiger partial charge in [0.2, 0.25) is 0 Å². The first-order chi connectivity index (χ1) is 13.8. The fourth-order valence-electron chi connectivity index (χ4n) is 3.47. The molecule has 0 radical (unpaired) electrons. The molecular weight excluding hydrogens is 431 g/mol. The normalized spacial score (nSPS) is 14.8. The third-order valence-electron chi connectivity index (χ3n) is 5.37. The second-order valence-corrected chi connectivity index (χ2v) is 8.68. The Morgan fingerprint density at radius 1 is 1.07 bits per heavy atom. The number of amides is 1. The summed E-state index contributed by atoms with van der Waals surface area (Å²) in [5.41, 5.74) is 3.16. The first-order valence-corrected chi connectivity index (χ1v) is 10.8. The van der Waals surface area contributed by atoms with Crippen LogP contribution in [0, 0.1) is 19.8 Å². The van der Waals surface area contributed by atoms with Gasteiger partial charge in [-0.25, -0.2) is 0 Å². The van der Waals surface area contributed by atoms with E-state index < -0.39 is 0 Å². The van der Waals surface area contributed by atoms with Crippen molar-refractivity contribution in [3.8, 4) is 5.75 Å². The lowest BCUT2D eigenvalue weighted by Gasteiger charge is -2.33. The Morgan fingerprint density at radius 2 is 1.66 bits per heavy atom. The highest BCUT2D eigenvalue weighted by atomic mass is 35.5. The van der Waals surface area contributed by atoms with E-state index in [4.69, 9.17) is 39.5 Å². The maximum Gasteiger partial charge on any atom is 0.262 e. The van der Waals surface area contributed by atoms with Gasteiger partial charge in [0, 0.05) is 18.1 Å². The van der Waals surface area contributed by atoms with Crippen molar-refractivity contribution in [3.63, 3.8) is 0 Å². The van der Waals surface area contributed by atoms with Gasteiger partial charge in [0.1, 0.15) is 0 Å². The first-order valence-electron chi connectivity index (χ1n) is 9.69. The average molecular weight is 456 g/mol. The van der Waals surface area contributed by atoms with Gasteiger partial charge in [-0.15, -0.1) is 0 Å². The maximum atomic E-state index is 12.6. The van der Waals surface area contributed by atoms with Crippen molar-refractivity contribution < 1.29 is 9.53 Å². The number of anilines is 2. The number of carbonyl (C=O) groups excluding carboxylic acids is 1. The van der Waals surface area contributed by atoms with Crippen molar-refractivity contribution in [1.82, 2.24) is 0 Å². The van der Waals surface area contributed by atoms with Crippen LogP contribution in [0.3, 0.4) is 0 Å². The summed E-state index contributed by atoms with van der Waals surface area (Å²) >= 11 is 18.9. The Hall–Kier alpha value is -1.62. The summed E-state index contributed by atoms with van der Waals surface area (Å²) in [6, 6.07) is 7.83. The van der Waals surface area contributed by atoms with Crippen LogP contribution in [0.15, 0.2) is 24.3 Å². The van der Waals surface area contributed by atoms with Gasteiger partial charge in [0.25, 0.3) is 5.91 Å². The summed E-state index contributed by atoms with van der Waals surface area (Å²) in [5.74, 6) is 0.739. The standard InChI is InChI=1S/C22H25Cl3N2O2/c1-13-8-10-27(11-9-13)17-7-5-4-6-16(17)26-18(28)12-29-22-20(24)14(2)19(23)15(3)21(22)25/h4-7,13H,8-12H2,1-3H3,(H,26,28). The van der Waals surface area contributed by atoms with Crippen molar-refractivity contribution in [3.05, 3.63) is 50.5 Å². The molecule has 2 aromatic carbocycles. The lowest BCUT2D eigenvalue weighted by Crippen LogP contribution is -2.33. The number of para-hydroxylation sites is 2. The molecule has 4 nitrogen and oxygen atoms in total. The smallest absolute Gasteiger partial charge is 0.262 e. The molecule has 0 aliphatic carbocycles. The van der Waals surface area contributed by atoms with Crippen LogP contribution in [0.1, 0.15) is 30.9 Å². The lowest BCUT2D eigenvalue weighted by atomic mass is 9.98. The highest BCUT2D eigenvalue weighted by Gasteiger charge is 2.21. The van der Waals surface area contributed by atoms with Crippen molar-refractivity contribution in [2.75, 3.05) is 29.9 Å². The molecule has 7 heteroatoms. The Balaban J connectivity index is 1.70. The van der Waals surface area contributed by atoms with Crippen molar-refractivity contribution in [1.29, 1.82) is 0 Å². The van der Waals surface area contributed by atoms with Crippen LogP contribution in [0.25, 0.3) is 0 Å². The SMILES string of the molecule is Cc1c(Cl)c(C)c(Cl)c(OCC(=O)Nc2ccccc2N2CCC(C)CC2)c1Cl. The number of piperidine rings is 1. The second kappa shape index (κ2) is 9.46. The molecule has 1 N–H and O–H groups in total. The topological polar surface area (TPSA) is 41.6 Å². The molecule has 1 aliphatic rings. The maximum absolute atomic E-state index is 12.6. The van der Waals surface area contributed by atoms with E-state index in [1.807, 2.05) is 24.3 Å². The summed E-state index contributed by atoms with van der Waals surface area (Å²) in [5, 5.41) is 4.09. The minimum Gasteiger partial charge on any atom is -0.481 e. The lowest BCUT2D eigenvalue weighted by molar-refractivity contribution is -0.118. The minimum atomic E-state index is -0.278. The van der Waals surface area contributed by atoms with E-state index in [0.29, 0.717) is 26.2 Å². The van der Waals surface area contributed by atoms with Gasteiger partial charge < -0.3 is 15.0 Å². The molecule has 1 fully saturated rings. The van der Waals surface area contributed by atoms with E-state index in [1.54, 1.807) is 13.8 Å². The zero-order valence-electron chi connectivity index (χ0n) is 16.8.